The van der Waals surface area contributed by atoms with E-state index in [4.69, 9.17) is 13.7 Å². The summed E-state index contributed by atoms with van der Waals surface area (Å²) in [5.41, 5.74) is 0. The van der Waals surface area contributed by atoms with Crippen molar-refractivity contribution in [3.05, 3.63) is 0 Å². The van der Waals surface area contributed by atoms with Crippen molar-refractivity contribution in [1.29, 1.82) is 0 Å². The Balaban J connectivity index is 1.86. The Morgan fingerprint density at radius 2 is 1.35 bits per heavy atom. The molecule has 31 heavy (non-hydrogen) atoms. The van der Waals surface area contributed by atoms with E-state index in [0.717, 1.165) is 20.0 Å². The van der Waals surface area contributed by atoms with Gasteiger partial charge in [0.05, 0.1) is 25.9 Å². The van der Waals surface area contributed by atoms with E-state index in [9.17, 15) is 8.42 Å². The van der Waals surface area contributed by atoms with Gasteiger partial charge >= 0.3 is 10.4 Å². The highest BCUT2D eigenvalue weighted by Crippen LogP contribution is 2.23. The predicted octanol–water partition coefficient (Wildman–Crippen LogP) is 6.68. The SMILES string of the molecule is CCCCCCCCCCCCCCCCC(C)OCC1CCC(OS(=O)(=O)OC)O1. The molecule has 0 bridgehead atoms. The lowest BCUT2D eigenvalue weighted by molar-refractivity contribution is -0.103. The third-order valence-corrected chi connectivity index (χ3v) is 6.89. The highest BCUT2D eigenvalue weighted by atomic mass is 32.3. The molecular formula is C24H48O6S. The molecule has 0 radical (unpaired) electrons. The second-order valence-electron chi connectivity index (χ2n) is 8.96. The van der Waals surface area contributed by atoms with Crippen LogP contribution in [0.4, 0.5) is 0 Å². The van der Waals surface area contributed by atoms with Crippen molar-refractivity contribution in [3.8, 4) is 0 Å². The van der Waals surface area contributed by atoms with Gasteiger partial charge in [-0.05, 0) is 19.8 Å². The van der Waals surface area contributed by atoms with Crippen LogP contribution in [0.2, 0.25) is 0 Å². The smallest absolute Gasteiger partial charge is 0.376 e. The molecule has 0 N–H and O–H groups in total. The summed E-state index contributed by atoms with van der Waals surface area (Å²) in [7, 11) is -2.88. The molecule has 1 fully saturated rings. The Morgan fingerprint density at radius 1 is 0.839 bits per heavy atom. The first kappa shape index (κ1) is 28.8. The van der Waals surface area contributed by atoms with Crippen molar-refractivity contribution in [1.82, 2.24) is 0 Å². The summed E-state index contributed by atoms with van der Waals surface area (Å²) in [6.07, 6.45) is 20.8. The van der Waals surface area contributed by atoms with Crippen molar-refractivity contribution in [2.24, 2.45) is 0 Å². The Morgan fingerprint density at radius 3 is 1.87 bits per heavy atom. The molecule has 1 rings (SSSR count). The molecule has 3 unspecified atom stereocenters. The zero-order valence-electron chi connectivity index (χ0n) is 20.3. The van der Waals surface area contributed by atoms with Gasteiger partial charge in [0.25, 0.3) is 0 Å². The number of unbranched alkanes of at least 4 members (excludes halogenated alkanes) is 13. The van der Waals surface area contributed by atoms with Crippen LogP contribution in [0, 0.1) is 0 Å². The van der Waals surface area contributed by atoms with Gasteiger partial charge in [-0.3, -0.25) is 4.18 Å². The Bertz CT molecular complexity index is 510. The standard InChI is InChI=1S/C24H48O6S/c1-4-5-6-7-8-9-10-11-12-13-14-15-16-17-18-22(2)28-21-23-19-20-24(29-23)30-31(25,26)27-3/h22-24H,4-21H2,1-3H3. The predicted molar refractivity (Wildman–Crippen MR) is 125 cm³/mol. The molecular weight excluding hydrogens is 416 g/mol. The third-order valence-electron chi connectivity index (χ3n) is 6.03. The summed E-state index contributed by atoms with van der Waals surface area (Å²) >= 11 is 0. The highest BCUT2D eigenvalue weighted by Gasteiger charge is 2.30. The molecule has 0 aliphatic carbocycles. The maximum atomic E-state index is 11.3. The summed E-state index contributed by atoms with van der Waals surface area (Å²) in [4.78, 5) is 0. The van der Waals surface area contributed by atoms with E-state index in [1.165, 1.54) is 89.9 Å². The summed E-state index contributed by atoms with van der Waals surface area (Å²) in [6, 6.07) is 0. The van der Waals surface area contributed by atoms with Gasteiger partial charge in [0, 0.05) is 6.42 Å². The van der Waals surface area contributed by atoms with Crippen LogP contribution in [-0.4, -0.2) is 40.6 Å². The van der Waals surface area contributed by atoms with Gasteiger partial charge in [-0.2, -0.15) is 8.42 Å². The zero-order valence-corrected chi connectivity index (χ0v) is 21.1. The molecule has 0 aromatic rings. The van der Waals surface area contributed by atoms with Crippen molar-refractivity contribution in [2.45, 2.75) is 141 Å². The van der Waals surface area contributed by atoms with E-state index in [1.807, 2.05) is 0 Å². The quantitative estimate of drug-likeness (QED) is 0.177. The molecule has 1 heterocycles. The van der Waals surface area contributed by atoms with Crippen LogP contribution in [0.15, 0.2) is 0 Å². The molecule has 3 atom stereocenters. The summed E-state index contributed by atoms with van der Waals surface area (Å²) in [5, 5.41) is 0. The lowest BCUT2D eigenvalue weighted by atomic mass is 10.0. The summed E-state index contributed by atoms with van der Waals surface area (Å²) in [6.45, 7) is 4.85. The minimum Gasteiger partial charge on any atom is -0.376 e. The van der Waals surface area contributed by atoms with Crippen LogP contribution in [0.5, 0.6) is 0 Å². The van der Waals surface area contributed by atoms with Crippen LogP contribution < -0.4 is 0 Å². The van der Waals surface area contributed by atoms with Gasteiger partial charge in [0.1, 0.15) is 0 Å². The Labute approximate surface area is 192 Å². The van der Waals surface area contributed by atoms with Gasteiger partial charge in [0.2, 0.25) is 0 Å². The second kappa shape index (κ2) is 18.2. The maximum absolute atomic E-state index is 11.3. The summed E-state index contributed by atoms with van der Waals surface area (Å²) < 4.78 is 43.1. The normalized spacial score (nSPS) is 20.4. The number of rotatable bonds is 21. The molecule has 0 amide bonds. The molecule has 1 aliphatic heterocycles. The van der Waals surface area contributed by atoms with Gasteiger partial charge in [-0.25, -0.2) is 4.18 Å². The van der Waals surface area contributed by atoms with Gasteiger partial charge in [0.15, 0.2) is 6.29 Å². The molecule has 1 aliphatic rings. The van der Waals surface area contributed by atoms with Crippen LogP contribution in [0.3, 0.4) is 0 Å². The summed E-state index contributed by atoms with van der Waals surface area (Å²) in [5.74, 6) is 0. The lowest BCUT2D eigenvalue weighted by Crippen LogP contribution is -2.23. The third kappa shape index (κ3) is 16.1. The fourth-order valence-electron chi connectivity index (χ4n) is 4.02. The van der Waals surface area contributed by atoms with E-state index in [0.29, 0.717) is 13.0 Å². The largest absolute Gasteiger partial charge is 0.402 e. The Hall–Kier alpha value is -0.210. The van der Waals surface area contributed by atoms with Crippen molar-refractivity contribution in [2.75, 3.05) is 13.7 Å². The molecule has 6 nitrogen and oxygen atoms in total. The first-order chi connectivity index (χ1) is 15.0. The van der Waals surface area contributed by atoms with Gasteiger partial charge in [-0.1, -0.05) is 96.8 Å². The van der Waals surface area contributed by atoms with Crippen LogP contribution in [-0.2, 0) is 28.2 Å². The molecule has 0 aromatic heterocycles. The molecule has 0 saturated carbocycles. The Kier molecular flexibility index (Phi) is 17.0. The zero-order chi connectivity index (χ0) is 22.8. The maximum Gasteiger partial charge on any atom is 0.402 e. The molecule has 1 saturated heterocycles. The van der Waals surface area contributed by atoms with Crippen molar-refractivity contribution < 1.29 is 26.3 Å². The van der Waals surface area contributed by atoms with E-state index in [2.05, 4.69) is 18.0 Å². The number of hydrogen-bond acceptors (Lipinski definition) is 6. The van der Waals surface area contributed by atoms with Crippen LogP contribution in [0.25, 0.3) is 0 Å². The molecule has 0 aromatic carbocycles. The van der Waals surface area contributed by atoms with Gasteiger partial charge < -0.3 is 9.47 Å². The van der Waals surface area contributed by atoms with Gasteiger partial charge in [-0.15, -0.1) is 0 Å². The fourth-order valence-corrected chi connectivity index (χ4v) is 4.50. The van der Waals surface area contributed by atoms with E-state index in [-0.39, 0.29) is 12.2 Å². The van der Waals surface area contributed by atoms with Crippen LogP contribution >= 0.6 is 0 Å². The second-order valence-corrected chi connectivity index (χ2v) is 10.3. The average Bonchev–Trinajstić information content (AvgIpc) is 3.19. The van der Waals surface area contributed by atoms with Crippen molar-refractivity contribution >= 4 is 10.4 Å². The monoisotopic (exact) mass is 464 g/mol. The molecule has 7 heteroatoms. The average molecular weight is 465 g/mol. The van der Waals surface area contributed by atoms with Crippen molar-refractivity contribution in [3.63, 3.8) is 0 Å². The minimum absolute atomic E-state index is 0.115. The number of ether oxygens (including phenoxy) is 2. The number of hydrogen-bond donors (Lipinski definition) is 0. The van der Waals surface area contributed by atoms with Crippen LogP contribution in [0.1, 0.15) is 123 Å². The van der Waals surface area contributed by atoms with E-state index < -0.39 is 16.7 Å². The molecule has 186 valence electrons. The molecule has 0 spiro atoms. The first-order valence-electron chi connectivity index (χ1n) is 12.7. The minimum atomic E-state index is -3.96. The van der Waals surface area contributed by atoms with E-state index in [1.54, 1.807) is 0 Å². The topological polar surface area (TPSA) is 71.1 Å². The fraction of sp³-hybridized carbons (Fsp3) is 1.00. The highest BCUT2D eigenvalue weighted by molar-refractivity contribution is 7.81. The first-order valence-corrected chi connectivity index (χ1v) is 14.1. The van der Waals surface area contributed by atoms with E-state index >= 15 is 0 Å². The lowest BCUT2D eigenvalue weighted by Gasteiger charge is -2.17.